The highest BCUT2D eigenvalue weighted by atomic mass is 35.5. The highest BCUT2D eigenvalue weighted by Gasteiger charge is 2.03. The minimum absolute atomic E-state index is 0.121. The van der Waals surface area contributed by atoms with E-state index < -0.39 is 0 Å². The Morgan fingerprint density at radius 3 is 2.73 bits per heavy atom. The molecule has 0 aliphatic heterocycles. The zero-order valence-electron chi connectivity index (χ0n) is 7.18. The van der Waals surface area contributed by atoms with Crippen molar-refractivity contribution >= 4 is 11.6 Å². The van der Waals surface area contributed by atoms with Gasteiger partial charge < -0.3 is 4.90 Å². The molecule has 0 spiro atoms. The lowest BCUT2D eigenvalue weighted by Gasteiger charge is -2.16. The molecule has 0 saturated heterocycles. The Morgan fingerprint density at radius 1 is 1.64 bits per heavy atom. The molecule has 1 unspecified atom stereocenters. The van der Waals surface area contributed by atoms with Crippen LogP contribution in [0.2, 0.25) is 0 Å². The van der Waals surface area contributed by atoms with Gasteiger partial charge in [-0.15, -0.1) is 11.6 Å². The highest BCUT2D eigenvalue weighted by Crippen LogP contribution is 1.97. The molecule has 0 aromatic carbocycles. The fraction of sp³-hybridized carbons (Fsp3) is 0.875. The van der Waals surface area contributed by atoms with E-state index in [9.17, 15) is 0 Å². The van der Waals surface area contributed by atoms with Crippen molar-refractivity contribution in [2.45, 2.75) is 13.3 Å². The van der Waals surface area contributed by atoms with Crippen molar-refractivity contribution in [3.8, 4) is 6.07 Å². The van der Waals surface area contributed by atoms with Gasteiger partial charge in [-0.2, -0.15) is 5.26 Å². The van der Waals surface area contributed by atoms with Crippen molar-refractivity contribution in [2.75, 3.05) is 26.0 Å². The Labute approximate surface area is 73.7 Å². The summed E-state index contributed by atoms with van der Waals surface area (Å²) in [6.45, 7) is 3.75. The van der Waals surface area contributed by atoms with Gasteiger partial charge in [0.2, 0.25) is 0 Å². The van der Waals surface area contributed by atoms with Gasteiger partial charge in [0.05, 0.1) is 12.0 Å². The van der Waals surface area contributed by atoms with Gasteiger partial charge in [0.15, 0.2) is 0 Å². The van der Waals surface area contributed by atoms with Gasteiger partial charge >= 0.3 is 0 Å². The first-order valence-corrected chi connectivity index (χ1v) is 4.38. The Bertz CT molecular complexity index is 131. The second-order valence-corrected chi connectivity index (χ2v) is 3.21. The van der Waals surface area contributed by atoms with Gasteiger partial charge in [-0.25, -0.2) is 0 Å². The van der Waals surface area contributed by atoms with Gasteiger partial charge in [-0.3, -0.25) is 0 Å². The normalized spacial score (nSPS) is 13.0. The summed E-state index contributed by atoms with van der Waals surface area (Å²) in [4.78, 5) is 2.14. The summed E-state index contributed by atoms with van der Waals surface area (Å²) >= 11 is 5.52. The van der Waals surface area contributed by atoms with Gasteiger partial charge in [0.1, 0.15) is 0 Å². The molecule has 64 valence electrons. The maximum Gasteiger partial charge on any atom is 0.0666 e. The van der Waals surface area contributed by atoms with Crippen LogP contribution >= 0.6 is 11.6 Å². The Balaban J connectivity index is 3.37. The van der Waals surface area contributed by atoms with Gasteiger partial charge in [0.25, 0.3) is 0 Å². The number of hydrogen-bond donors (Lipinski definition) is 0. The zero-order chi connectivity index (χ0) is 8.69. The average molecular weight is 175 g/mol. The van der Waals surface area contributed by atoms with Crippen LogP contribution in [0.25, 0.3) is 0 Å². The average Bonchev–Trinajstić information content (AvgIpc) is 2.00. The molecule has 3 heteroatoms. The molecule has 0 aromatic heterocycles. The fourth-order valence-electron chi connectivity index (χ4n) is 0.929. The highest BCUT2D eigenvalue weighted by molar-refractivity contribution is 6.17. The predicted octanol–water partition coefficient (Wildman–Crippen LogP) is 1.71. The molecule has 0 saturated carbocycles. The van der Waals surface area contributed by atoms with E-state index in [0.717, 1.165) is 19.5 Å². The summed E-state index contributed by atoms with van der Waals surface area (Å²) in [6.07, 6.45) is 0.996. The molecule has 0 fully saturated rings. The first kappa shape index (κ1) is 10.7. The maximum absolute atomic E-state index is 8.51. The third-order valence-corrected chi connectivity index (χ3v) is 1.75. The number of rotatable bonds is 5. The molecule has 0 amide bonds. The third kappa shape index (κ3) is 6.15. The fourth-order valence-corrected chi connectivity index (χ4v) is 1.05. The van der Waals surface area contributed by atoms with Gasteiger partial charge in [-0.05, 0) is 26.9 Å². The van der Waals surface area contributed by atoms with Crippen LogP contribution < -0.4 is 0 Å². The van der Waals surface area contributed by atoms with Crippen LogP contribution in [0.5, 0.6) is 0 Å². The molecule has 0 radical (unpaired) electrons. The van der Waals surface area contributed by atoms with E-state index in [1.807, 2.05) is 14.0 Å². The van der Waals surface area contributed by atoms with E-state index in [1.165, 1.54) is 0 Å². The topological polar surface area (TPSA) is 27.0 Å². The summed E-state index contributed by atoms with van der Waals surface area (Å²) in [5.74, 6) is 0.820. The van der Waals surface area contributed by atoms with Crippen molar-refractivity contribution < 1.29 is 0 Å². The van der Waals surface area contributed by atoms with Crippen LogP contribution in [0.1, 0.15) is 13.3 Å². The number of halogens is 1. The second kappa shape index (κ2) is 6.45. The largest absolute Gasteiger partial charge is 0.305 e. The van der Waals surface area contributed by atoms with Crippen molar-refractivity contribution in [1.29, 1.82) is 5.26 Å². The summed E-state index contributed by atoms with van der Waals surface area (Å²) in [5.41, 5.74) is 0. The standard InChI is InChI=1S/C8H15ClN2/c1-8(6-10)7-11(2)5-3-4-9/h8H,3-5,7H2,1-2H3. The van der Waals surface area contributed by atoms with Crippen LogP contribution in [-0.2, 0) is 0 Å². The van der Waals surface area contributed by atoms with Gasteiger partial charge in [0, 0.05) is 12.4 Å². The number of alkyl halides is 1. The minimum Gasteiger partial charge on any atom is -0.305 e. The molecule has 11 heavy (non-hydrogen) atoms. The minimum atomic E-state index is 0.121. The van der Waals surface area contributed by atoms with Crippen LogP contribution in [0.4, 0.5) is 0 Å². The van der Waals surface area contributed by atoms with E-state index >= 15 is 0 Å². The number of hydrogen-bond acceptors (Lipinski definition) is 2. The lowest BCUT2D eigenvalue weighted by atomic mass is 10.2. The van der Waals surface area contributed by atoms with E-state index in [1.54, 1.807) is 0 Å². The molecule has 0 rings (SSSR count). The van der Waals surface area contributed by atoms with Crippen LogP contribution in [-0.4, -0.2) is 30.9 Å². The zero-order valence-corrected chi connectivity index (χ0v) is 7.93. The molecular formula is C8H15ClN2. The number of nitriles is 1. The molecule has 0 aromatic rings. The molecule has 0 heterocycles. The van der Waals surface area contributed by atoms with Crippen molar-refractivity contribution in [2.24, 2.45) is 5.92 Å². The monoisotopic (exact) mass is 174 g/mol. The SMILES string of the molecule is CC(C#N)CN(C)CCCCl. The van der Waals surface area contributed by atoms with Crippen molar-refractivity contribution in [3.63, 3.8) is 0 Å². The number of nitrogens with zero attached hydrogens (tertiary/aromatic N) is 2. The third-order valence-electron chi connectivity index (χ3n) is 1.48. The first-order chi connectivity index (χ1) is 5.20. The maximum atomic E-state index is 8.51. The van der Waals surface area contributed by atoms with Gasteiger partial charge in [-0.1, -0.05) is 0 Å². The van der Waals surface area contributed by atoms with E-state index in [2.05, 4.69) is 11.0 Å². The van der Waals surface area contributed by atoms with E-state index in [4.69, 9.17) is 16.9 Å². The van der Waals surface area contributed by atoms with Crippen molar-refractivity contribution in [1.82, 2.24) is 4.90 Å². The quantitative estimate of drug-likeness (QED) is 0.594. The van der Waals surface area contributed by atoms with E-state index in [-0.39, 0.29) is 5.92 Å². The van der Waals surface area contributed by atoms with Crippen LogP contribution in [0, 0.1) is 17.2 Å². The molecule has 2 nitrogen and oxygen atoms in total. The smallest absolute Gasteiger partial charge is 0.0666 e. The summed E-state index contributed by atoms with van der Waals surface area (Å²) < 4.78 is 0. The summed E-state index contributed by atoms with van der Waals surface area (Å²) in [7, 11) is 2.01. The molecule has 0 aliphatic rings. The molecule has 0 N–H and O–H groups in total. The van der Waals surface area contributed by atoms with Crippen LogP contribution in [0.15, 0.2) is 0 Å². The summed E-state index contributed by atoms with van der Waals surface area (Å²) in [5, 5.41) is 8.51. The lowest BCUT2D eigenvalue weighted by molar-refractivity contribution is 0.312. The van der Waals surface area contributed by atoms with Crippen molar-refractivity contribution in [3.05, 3.63) is 0 Å². The van der Waals surface area contributed by atoms with Crippen LogP contribution in [0.3, 0.4) is 0 Å². The molecular weight excluding hydrogens is 160 g/mol. The van der Waals surface area contributed by atoms with E-state index in [0.29, 0.717) is 5.88 Å². The predicted molar refractivity (Wildman–Crippen MR) is 47.6 cm³/mol. The Morgan fingerprint density at radius 2 is 2.27 bits per heavy atom. The molecule has 1 atom stereocenters. The Hall–Kier alpha value is -0.260. The Kier molecular flexibility index (Phi) is 6.30. The molecule has 0 bridgehead atoms. The lowest BCUT2D eigenvalue weighted by Crippen LogP contribution is -2.25. The molecule has 0 aliphatic carbocycles. The first-order valence-electron chi connectivity index (χ1n) is 3.84. The summed E-state index contributed by atoms with van der Waals surface area (Å²) in [6, 6.07) is 2.20. The second-order valence-electron chi connectivity index (χ2n) is 2.83.